The highest BCUT2D eigenvalue weighted by molar-refractivity contribution is 8.13. The minimum absolute atomic E-state index is 0.0286. The van der Waals surface area contributed by atoms with Crippen molar-refractivity contribution in [2.45, 2.75) is 13.3 Å². The third kappa shape index (κ3) is 3.61. The molecule has 1 heterocycles. The Morgan fingerprint density at radius 2 is 2.26 bits per heavy atom. The van der Waals surface area contributed by atoms with Crippen molar-refractivity contribution in [3.8, 4) is 5.75 Å². The van der Waals surface area contributed by atoms with Gasteiger partial charge in [0.25, 0.3) is 0 Å². The lowest BCUT2D eigenvalue weighted by Crippen LogP contribution is -2.08. The predicted octanol–water partition coefficient (Wildman–Crippen LogP) is 3.94. The molecule has 0 radical (unpaired) electrons. The zero-order chi connectivity index (χ0) is 13.7. The van der Waals surface area contributed by atoms with Gasteiger partial charge in [-0.25, -0.2) is 0 Å². The second-order valence-electron chi connectivity index (χ2n) is 3.95. The summed E-state index contributed by atoms with van der Waals surface area (Å²) in [6.45, 7) is 2.09. The Kier molecular flexibility index (Phi) is 5.05. The maximum Gasteiger partial charge on any atom is 0.226 e. The molecule has 0 unspecified atom stereocenters. The van der Waals surface area contributed by atoms with Gasteiger partial charge in [-0.05, 0) is 30.7 Å². The van der Waals surface area contributed by atoms with Gasteiger partial charge in [0.05, 0.1) is 5.02 Å². The average molecular weight is 296 g/mol. The summed E-state index contributed by atoms with van der Waals surface area (Å²) in [6, 6.07) is 7.20. The van der Waals surface area contributed by atoms with E-state index in [9.17, 15) is 4.79 Å². The van der Waals surface area contributed by atoms with Gasteiger partial charge in [-0.15, -0.1) is 0 Å². The highest BCUT2D eigenvalue weighted by Gasteiger charge is 2.09. The van der Waals surface area contributed by atoms with Crippen LogP contribution in [0.3, 0.4) is 0 Å². The molecule has 0 aliphatic rings. The zero-order valence-corrected chi connectivity index (χ0v) is 12.1. The van der Waals surface area contributed by atoms with E-state index in [1.807, 2.05) is 19.1 Å². The van der Waals surface area contributed by atoms with Crippen LogP contribution in [-0.2, 0) is 4.79 Å². The number of nitrogens with zero attached hydrogens (tertiary/aromatic N) is 1. The molecule has 1 aromatic heterocycles. The standard InChI is InChI=1S/C14H14ClNO2S/c1-2-8-19-13(17)9-18-12-6-5-11(15)10-4-3-7-16-14(10)12/h3-7H,2,8-9H2,1H3. The zero-order valence-electron chi connectivity index (χ0n) is 10.6. The fraction of sp³-hybridized carbons (Fsp3) is 0.286. The molecule has 0 saturated heterocycles. The lowest BCUT2D eigenvalue weighted by Gasteiger charge is -2.08. The third-order valence-corrected chi connectivity index (χ3v) is 3.87. The summed E-state index contributed by atoms with van der Waals surface area (Å²) in [4.78, 5) is 15.8. The summed E-state index contributed by atoms with van der Waals surface area (Å²) in [7, 11) is 0. The Morgan fingerprint density at radius 3 is 3.05 bits per heavy atom. The first-order chi connectivity index (χ1) is 9.22. The molecule has 1 aromatic carbocycles. The second-order valence-corrected chi connectivity index (χ2v) is 5.51. The van der Waals surface area contributed by atoms with Crippen molar-refractivity contribution in [1.82, 2.24) is 4.98 Å². The molecule has 0 fully saturated rings. The van der Waals surface area contributed by atoms with Crippen LogP contribution in [0.5, 0.6) is 5.75 Å². The molecule has 0 saturated carbocycles. The number of pyridine rings is 1. The van der Waals surface area contributed by atoms with Gasteiger partial charge in [-0.3, -0.25) is 9.78 Å². The highest BCUT2D eigenvalue weighted by atomic mass is 35.5. The van der Waals surface area contributed by atoms with E-state index in [1.54, 1.807) is 18.3 Å². The summed E-state index contributed by atoms with van der Waals surface area (Å²) in [5.41, 5.74) is 0.684. The number of carbonyl (C=O) groups is 1. The van der Waals surface area contributed by atoms with Gasteiger partial charge in [0.15, 0.2) is 6.61 Å². The van der Waals surface area contributed by atoms with Gasteiger partial charge >= 0.3 is 0 Å². The van der Waals surface area contributed by atoms with Crippen LogP contribution in [0.15, 0.2) is 30.5 Å². The Bertz CT molecular complexity index is 589. The van der Waals surface area contributed by atoms with Crippen molar-refractivity contribution in [3.63, 3.8) is 0 Å². The summed E-state index contributed by atoms with van der Waals surface area (Å²) >= 11 is 7.39. The first kappa shape index (κ1) is 14.2. The maximum absolute atomic E-state index is 11.6. The molecule has 0 aliphatic heterocycles. The molecule has 5 heteroatoms. The van der Waals surface area contributed by atoms with Crippen molar-refractivity contribution in [2.24, 2.45) is 0 Å². The van der Waals surface area contributed by atoms with Crippen LogP contribution in [0.25, 0.3) is 10.9 Å². The highest BCUT2D eigenvalue weighted by Crippen LogP contribution is 2.29. The Balaban J connectivity index is 2.13. The fourth-order valence-electron chi connectivity index (χ4n) is 1.62. The smallest absolute Gasteiger partial charge is 0.226 e. The van der Waals surface area contributed by atoms with Gasteiger partial charge < -0.3 is 4.74 Å². The van der Waals surface area contributed by atoms with Crippen LogP contribution < -0.4 is 4.74 Å². The quantitative estimate of drug-likeness (QED) is 0.837. The Hall–Kier alpha value is -1.26. The normalized spacial score (nSPS) is 10.6. The molecule has 19 heavy (non-hydrogen) atoms. The molecular weight excluding hydrogens is 282 g/mol. The largest absolute Gasteiger partial charge is 0.483 e. The topological polar surface area (TPSA) is 39.2 Å². The maximum atomic E-state index is 11.6. The van der Waals surface area contributed by atoms with E-state index < -0.39 is 0 Å². The number of aromatic nitrogens is 1. The van der Waals surface area contributed by atoms with E-state index in [1.165, 1.54) is 11.8 Å². The number of halogens is 1. The van der Waals surface area contributed by atoms with Crippen LogP contribution in [0.4, 0.5) is 0 Å². The van der Waals surface area contributed by atoms with Crippen LogP contribution in [-0.4, -0.2) is 22.5 Å². The summed E-state index contributed by atoms with van der Waals surface area (Å²) < 4.78 is 5.54. The molecule has 2 rings (SSSR count). The van der Waals surface area contributed by atoms with Crippen molar-refractivity contribution < 1.29 is 9.53 Å². The molecule has 0 spiro atoms. The van der Waals surface area contributed by atoms with E-state index >= 15 is 0 Å². The predicted molar refractivity (Wildman–Crippen MR) is 80.0 cm³/mol. The molecule has 100 valence electrons. The SMILES string of the molecule is CCCSC(=O)COc1ccc(Cl)c2cccnc12. The van der Waals surface area contributed by atoms with Crippen LogP contribution in [0.1, 0.15) is 13.3 Å². The van der Waals surface area contributed by atoms with E-state index in [0.717, 1.165) is 17.6 Å². The minimum atomic E-state index is 0.0286. The van der Waals surface area contributed by atoms with Gasteiger partial charge in [-0.2, -0.15) is 0 Å². The molecule has 0 aliphatic carbocycles. The number of hydrogen-bond acceptors (Lipinski definition) is 4. The van der Waals surface area contributed by atoms with Gasteiger partial charge in [0, 0.05) is 17.3 Å². The Labute approximate surface area is 121 Å². The number of carbonyl (C=O) groups excluding carboxylic acids is 1. The number of rotatable bonds is 5. The lowest BCUT2D eigenvalue weighted by molar-refractivity contribution is -0.112. The van der Waals surface area contributed by atoms with Crippen molar-refractivity contribution in [2.75, 3.05) is 12.4 Å². The van der Waals surface area contributed by atoms with Crippen molar-refractivity contribution in [1.29, 1.82) is 0 Å². The first-order valence-corrected chi connectivity index (χ1v) is 7.40. The molecule has 0 amide bonds. The van der Waals surface area contributed by atoms with Gasteiger partial charge in [0.2, 0.25) is 5.12 Å². The minimum Gasteiger partial charge on any atom is -0.483 e. The Morgan fingerprint density at radius 1 is 1.42 bits per heavy atom. The van der Waals surface area contributed by atoms with Crippen LogP contribution >= 0.6 is 23.4 Å². The first-order valence-electron chi connectivity index (χ1n) is 6.04. The number of ether oxygens (including phenoxy) is 1. The molecule has 0 bridgehead atoms. The molecule has 0 N–H and O–H groups in total. The number of fused-ring (bicyclic) bond motifs is 1. The monoisotopic (exact) mass is 295 g/mol. The summed E-state index contributed by atoms with van der Waals surface area (Å²) in [5, 5.41) is 1.48. The summed E-state index contributed by atoms with van der Waals surface area (Å²) in [5.74, 6) is 1.41. The molecule has 0 atom stereocenters. The fourth-order valence-corrected chi connectivity index (χ4v) is 2.41. The second kappa shape index (κ2) is 6.78. The summed E-state index contributed by atoms with van der Waals surface area (Å²) in [6.07, 6.45) is 2.65. The van der Waals surface area contributed by atoms with Crippen molar-refractivity contribution in [3.05, 3.63) is 35.5 Å². The lowest BCUT2D eigenvalue weighted by atomic mass is 10.2. The third-order valence-electron chi connectivity index (χ3n) is 2.49. The number of benzene rings is 1. The van der Waals surface area contributed by atoms with Crippen LogP contribution in [0, 0.1) is 0 Å². The van der Waals surface area contributed by atoms with E-state index in [0.29, 0.717) is 16.3 Å². The van der Waals surface area contributed by atoms with Crippen molar-refractivity contribution >= 4 is 39.4 Å². The van der Waals surface area contributed by atoms with E-state index in [4.69, 9.17) is 16.3 Å². The van der Waals surface area contributed by atoms with Gasteiger partial charge in [0.1, 0.15) is 11.3 Å². The van der Waals surface area contributed by atoms with E-state index in [-0.39, 0.29) is 11.7 Å². The van der Waals surface area contributed by atoms with Gasteiger partial charge in [-0.1, -0.05) is 30.3 Å². The molecule has 3 nitrogen and oxygen atoms in total. The molecular formula is C14H14ClNO2S. The number of hydrogen-bond donors (Lipinski definition) is 0. The average Bonchev–Trinajstić information content (AvgIpc) is 2.45. The molecule has 2 aromatic rings. The number of thioether (sulfide) groups is 1. The van der Waals surface area contributed by atoms with Crippen LogP contribution in [0.2, 0.25) is 5.02 Å². The van der Waals surface area contributed by atoms with E-state index in [2.05, 4.69) is 4.98 Å².